The van der Waals surface area contributed by atoms with E-state index in [1.54, 1.807) is 24.3 Å². The van der Waals surface area contributed by atoms with Crippen LogP contribution in [0.15, 0.2) is 58.3 Å². The van der Waals surface area contributed by atoms with Crippen LogP contribution in [0.25, 0.3) is 0 Å². The van der Waals surface area contributed by atoms with Gasteiger partial charge >= 0.3 is 11.0 Å². The highest BCUT2D eigenvalue weighted by Gasteiger charge is 2.29. The fourth-order valence-electron chi connectivity index (χ4n) is 1.97. The molecule has 0 aliphatic carbocycles. The van der Waals surface area contributed by atoms with Crippen LogP contribution in [0.1, 0.15) is 11.1 Å². The summed E-state index contributed by atoms with van der Waals surface area (Å²) in [6.45, 7) is 0.881. The Morgan fingerprint density at radius 2 is 0.923 bits per heavy atom. The molecule has 1 N–H and O–H groups in total. The number of alkyl halides is 6. The quantitative estimate of drug-likeness (QED) is 0.406. The predicted molar refractivity (Wildman–Crippen MR) is 94.5 cm³/mol. The molecular formula is C16H14ClF6NS2. The molecule has 144 valence electrons. The number of hydrogen-bond acceptors (Lipinski definition) is 3. The molecule has 0 saturated carbocycles. The number of rotatable bonds is 6. The lowest BCUT2D eigenvalue weighted by Crippen LogP contribution is -2.12. The Kier molecular flexibility index (Phi) is 8.65. The lowest BCUT2D eigenvalue weighted by atomic mass is 10.2. The van der Waals surface area contributed by atoms with Crippen LogP contribution in [0.2, 0.25) is 0 Å². The van der Waals surface area contributed by atoms with Gasteiger partial charge in [0, 0.05) is 22.9 Å². The smallest absolute Gasteiger partial charge is 0.309 e. The predicted octanol–water partition coefficient (Wildman–Crippen LogP) is 6.62. The van der Waals surface area contributed by atoms with E-state index in [0.717, 1.165) is 11.1 Å². The molecule has 0 aliphatic rings. The first kappa shape index (κ1) is 23.0. The van der Waals surface area contributed by atoms with E-state index in [0.29, 0.717) is 13.1 Å². The topological polar surface area (TPSA) is 12.0 Å². The average Bonchev–Trinajstić information content (AvgIpc) is 2.48. The molecule has 0 bridgehead atoms. The van der Waals surface area contributed by atoms with E-state index >= 15 is 0 Å². The summed E-state index contributed by atoms with van der Waals surface area (Å²) in [7, 11) is 0. The van der Waals surface area contributed by atoms with Crippen LogP contribution in [0, 0.1) is 0 Å². The monoisotopic (exact) mass is 433 g/mol. The first-order chi connectivity index (χ1) is 11.6. The minimum atomic E-state index is -4.31. The summed E-state index contributed by atoms with van der Waals surface area (Å²) < 4.78 is 73.4. The van der Waals surface area contributed by atoms with Gasteiger partial charge in [-0.15, -0.1) is 12.4 Å². The molecule has 2 aromatic rings. The highest BCUT2D eigenvalue weighted by atomic mass is 35.5. The highest BCUT2D eigenvalue weighted by Crippen LogP contribution is 2.37. The van der Waals surface area contributed by atoms with Gasteiger partial charge in [0.2, 0.25) is 0 Å². The van der Waals surface area contributed by atoms with Gasteiger partial charge in [-0.05, 0) is 58.9 Å². The maximum atomic E-state index is 12.2. The van der Waals surface area contributed by atoms with Crippen molar-refractivity contribution in [3.63, 3.8) is 0 Å². The summed E-state index contributed by atoms with van der Waals surface area (Å²) in [6, 6.07) is 12.0. The number of benzene rings is 2. The zero-order valence-electron chi connectivity index (χ0n) is 13.0. The number of halogens is 7. The molecule has 0 atom stereocenters. The molecule has 10 heteroatoms. The van der Waals surface area contributed by atoms with Crippen LogP contribution < -0.4 is 5.32 Å². The summed E-state index contributed by atoms with van der Waals surface area (Å²) in [5, 5.41) is 3.10. The average molecular weight is 434 g/mol. The minimum Gasteiger partial charge on any atom is -0.309 e. The normalized spacial score (nSPS) is 11.9. The third kappa shape index (κ3) is 9.07. The van der Waals surface area contributed by atoms with Crippen LogP contribution in [0.3, 0.4) is 0 Å². The minimum absolute atomic E-state index is 0. The second-order valence-electron chi connectivity index (χ2n) is 4.99. The van der Waals surface area contributed by atoms with Gasteiger partial charge in [-0.1, -0.05) is 24.3 Å². The van der Waals surface area contributed by atoms with Crippen LogP contribution in [0.5, 0.6) is 0 Å². The Bertz CT molecular complexity index is 612. The van der Waals surface area contributed by atoms with Gasteiger partial charge in [0.15, 0.2) is 0 Å². The first-order valence-corrected chi connectivity index (χ1v) is 8.64. The maximum Gasteiger partial charge on any atom is 0.446 e. The highest BCUT2D eigenvalue weighted by molar-refractivity contribution is 8.00. The SMILES string of the molecule is Cl.FC(F)(F)Sc1ccc(CNCc2ccc(SC(F)(F)F)cc2)cc1. The van der Waals surface area contributed by atoms with Crippen molar-refractivity contribution in [2.75, 3.05) is 0 Å². The first-order valence-electron chi connectivity index (χ1n) is 7.01. The van der Waals surface area contributed by atoms with Crippen molar-refractivity contribution in [1.29, 1.82) is 0 Å². The molecule has 2 rings (SSSR count). The van der Waals surface area contributed by atoms with E-state index in [9.17, 15) is 26.3 Å². The van der Waals surface area contributed by atoms with Crippen LogP contribution >= 0.6 is 35.9 Å². The molecule has 0 heterocycles. The molecule has 0 radical (unpaired) electrons. The third-order valence-corrected chi connectivity index (χ3v) is 4.45. The Balaban J connectivity index is 0.00000338. The van der Waals surface area contributed by atoms with Gasteiger partial charge in [0.05, 0.1) is 0 Å². The molecule has 0 unspecified atom stereocenters. The van der Waals surface area contributed by atoms with E-state index in [2.05, 4.69) is 5.32 Å². The van der Waals surface area contributed by atoms with Crippen molar-refractivity contribution in [2.24, 2.45) is 0 Å². The van der Waals surface area contributed by atoms with Gasteiger partial charge in [-0.2, -0.15) is 26.3 Å². The zero-order valence-corrected chi connectivity index (χ0v) is 15.5. The van der Waals surface area contributed by atoms with Crippen LogP contribution in [-0.4, -0.2) is 11.0 Å². The Hall–Kier alpha value is -1.03. The molecule has 0 amide bonds. The van der Waals surface area contributed by atoms with Crippen LogP contribution in [0.4, 0.5) is 26.3 Å². The van der Waals surface area contributed by atoms with Crippen molar-refractivity contribution >= 4 is 35.9 Å². The summed E-state index contributed by atoms with van der Waals surface area (Å²) >= 11 is -0.334. The van der Waals surface area contributed by atoms with Gasteiger partial charge < -0.3 is 5.32 Å². The third-order valence-electron chi connectivity index (χ3n) is 2.97. The van der Waals surface area contributed by atoms with E-state index < -0.39 is 11.0 Å². The Morgan fingerprint density at radius 1 is 0.615 bits per heavy atom. The van der Waals surface area contributed by atoms with Gasteiger partial charge in [-0.25, -0.2) is 0 Å². The second-order valence-corrected chi connectivity index (χ2v) is 7.26. The maximum absolute atomic E-state index is 12.2. The van der Waals surface area contributed by atoms with Crippen molar-refractivity contribution in [3.05, 3.63) is 59.7 Å². The molecule has 1 nitrogen and oxygen atoms in total. The van der Waals surface area contributed by atoms with Crippen molar-refractivity contribution in [2.45, 2.75) is 33.9 Å². The van der Waals surface area contributed by atoms with Crippen molar-refractivity contribution in [3.8, 4) is 0 Å². The Morgan fingerprint density at radius 3 is 1.19 bits per heavy atom. The Labute approximate surface area is 161 Å². The van der Waals surface area contributed by atoms with Gasteiger partial charge in [-0.3, -0.25) is 0 Å². The summed E-state index contributed by atoms with van der Waals surface area (Å²) in [6.07, 6.45) is 0. The number of hydrogen-bond donors (Lipinski definition) is 1. The molecule has 0 aromatic heterocycles. The molecule has 2 aromatic carbocycles. The summed E-state index contributed by atoms with van der Waals surface area (Å²) in [4.78, 5) is 0.239. The van der Waals surface area contributed by atoms with E-state index in [1.807, 2.05) is 0 Å². The molecule has 0 saturated heterocycles. The number of thioether (sulfide) groups is 2. The fourth-order valence-corrected chi connectivity index (χ4v) is 3.05. The van der Waals surface area contributed by atoms with Crippen molar-refractivity contribution in [1.82, 2.24) is 5.32 Å². The molecular weight excluding hydrogens is 420 g/mol. The summed E-state index contributed by atoms with van der Waals surface area (Å²) in [5.74, 6) is 0. The van der Waals surface area contributed by atoms with E-state index in [1.165, 1.54) is 24.3 Å². The lowest BCUT2D eigenvalue weighted by molar-refractivity contribution is -0.0337. The van der Waals surface area contributed by atoms with Gasteiger partial charge in [0.25, 0.3) is 0 Å². The second kappa shape index (κ2) is 9.77. The summed E-state index contributed by atoms with van der Waals surface area (Å²) in [5.41, 5.74) is -6.99. The molecule has 0 aliphatic heterocycles. The largest absolute Gasteiger partial charge is 0.446 e. The number of nitrogens with one attached hydrogen (secondary N) is 1. The van der Waals surface area contributed by atoms with Crippen molar-refractivity contribution < 1.29 is 26.3 Å². The standard InChI is InChI=1S/C16H13F6NS2.ClH/c17-15(18,19)24-13-5-1-11(2-6-13)9-23-10-12-3-7-14(8-4-12)25-16(20,21)22;/h1-8,23H,9-10H2;1H. The van der Waals surface area contributed by atoms with E-state index in [4.69, 9.17) is 0 Å². The molecule has 0 spiro atoms. The fraction of sp³-hybridized carbons (Fsp3) is 0.250. The molecule has 0 fully saturated rings. The zero-order chi connectivity index (χ0) is 18.5. The lowest BCUT2D eigenvalue weighted by Gasteiger charge is -2.09. The molecule has 26 heavy (non-hydrogen) atoms. The van der Waals surface area contributed by atoms with Crippen LogP contribution in [-0.2, 0) is 13.1 Å². The van der Waals surface area contributed by atoms with Gasteiger partial charge in [0.1, 0.15) is 0 Å². The van der Waals surface area contributed by atoms with E-state index in [-0.39, 0.29) is 45.7 Å².